The number of hydrogen-bond donors (Lipinski definition) is 4. The molecule has 0 fully saturated rings. The van der Waals surface area contributed by atoms with E-state index in [4.69, 9.17) is 5.73 Å². The Hall–Kier alpha value is -3.83. The summed E-state index contributed by atoms with van der Waals surface area (Å²) in [6, 6.07) is 12.0. The summed E-state index contributed by atoms with van der Waals surface area (Å²) in [4.78, 5) is 29.1. The first kappa shape index (κ1) is 19.5. The number of aromatic nitrogens is 5. The summed E-state index contributed by atoms with van der Waals surface area (Å²) in [7, 11) is -1.53. The number of fused-ring (bicyclic) bond motifs is 1. The quantitative estimate of drug-likeness (QED) is 0.326. The largest absolute Gasteiger partial charge is 0.488 e. The molecule has 11 heteroatoms. The van der Waals surface area contributed by atoms with Crippen molar-refractivity contribution < 1.29 is 14.8 Å². The molecular weight excluding hydrogens is 385 g/mol. The zero-order chi connectivity index (χ0) is 21.3. The second-order valence-corrected chi connectivity index (χ2v) is 6.63. The van der Waals surface area contributed by atoms with Gasteiger partial charge in [-0.2, -0.15) is 9.97 Å². The van der Waals surface area contributed by atoms with E-state index in [1.165, 1.54) is 6.33 Å². The Bertz CT molecular complexity index is 1240. The number of carbonyl (C=O) groups is 1. The molecule has 4 aromatic rings. The molecule has 5 N–H and O–H groups in total. The van der Waals surface area contributed by atoms with Gasteiger partial charge in [0, 0.05) is 6.54 Å². The molecule has 30 heavy (non-hydrogen) atoms. The lowest BCUT2D eigenvalue weighted by Crippen LogP contribution is -2.30. The predicted molar refractivity (Wildman–Crippen MR) is 111 cm³/mol. The third-order valence-electron chi connectivity index (χ3n) is 4.48. The average Bonchev–Trinajstić information content (AvgIpc) is 3.16. The SMILES string of the molecule is Cc1nc(NCc2cccc(B(O)O)c2)nc(-c2ncn3c(C(N)=O)cccc23)n1. The summed E-state index contributed by atoms with van der Waals surface area (Å²) in [6.45, 7) is 2.12. The van der Waals surface area contributed by atoms with Crippen LogP contribution in [0.1, 0.15) is 21.9 Å². The first-order chi connectivity index (χ1) is 14.4. The van der Waals surface area contributed by atoms with Crippen molar-refractivity contribution in [1.29, 1.82) is 0 Å². The van der Waals surface area contributed by atoms with Crippen molar-refractivity contribution in [1.82, 2.24) is 24.3 Å². The van der Waals surface area contributed by atoms with Crippen LogP contribution in [0.15, 0.2) is 48.8 Å². The maximum Gasteiger partial charge on any atom is 0.488 e. The third-order valence-corrected chi connectivity index (χ3v) is 4.48. The molecule has 0 spiro atoms. The number of nitrogens with zero attached hydrogens (tertiary/aromatic N) is 5. The number of hydrogen-bond acceptors (Lipinski definition) is 8. The van der Waals surface area contributed by atoms with E-state index in [1.807, 2.05) is 6.07 Å². The van der Waals surface area contributed by atoms with E-state index in [-0.39, 0.29) is 0 Å². The Kier molecular flexibility index (Phi) is 5.13. The second-order valence-electron chi connectivity index (χ2n) is 6.63. The van der Waals surface area contributed by atoms with Gasteiger partial charge in [0.2, 0.25) is 5.95 Å². The summed E-state index contributed by atoms with van der Waals surface area (Å²) >= 11 is 0. The Balaban J connectivity index is 1.64. The van der Waals surface area contributed by atoms with Gasteiger partial charge in [-0.05, 0) is 30.1 Å². The highest BCUT2D eigenvalue weighted by Crippen LogP contribution is 2.22. The molecule has 0 aliphatic carbocycles. The molecule has 0 saturated heterocycles. The van der Waals surface area contributed by atoms with Crippen LogP contribution in [-0.4, -0.2) is 47.4 Å². The molecule has 3 heterocycles. The minimum Gasteiger partial charge on any atom is -0.423 e. The number of nitrogens with two attached hydrogens (primary N) is 1. The molecule has 0 unspecified atom stereocenters. The van der Waals surface area contributed by atoms with E-state index < -0.39 is 13.0 Å². The Labute approximate surface area is 171 Å². The monoisotopic (exact) mass is 403 g/mol. The lowest BCUT2D eigenvalue weighted by molar-refractivity contribution is 0.0994. The molecule has 0 aliphatic rings. The molecule has 0 saturated carbocycles. The number of pyridine rings is 1. The molecular formula is C19H18BN7O3. The van der Waals surface area contributed by atoms with Crippen molar-refractivity contribution in [3.05, 3.63) is 65.9 Å². The fraction of sp³-hybridized carbons (Fsp3) is 0.105. The molecule has 0 bridgehead atoms. The molecule has 1 aromatic carbocycles. The molecule has 1 amide bonds. The minimum absolute atomic E-state index is 0.307. The van der Waals surface area contributed by atoms with Crippen LogP contribution >= 0.6 is 0 Å². The summed E-state index contributed by atoms with van der Waals surface area (Å²) in [6.07, 6.45) is 1.50. The maximum atomic E-state index is 11.6. The third kappa shape index (κ3) is 3.84. The minimum atomic E-state index is -1.53. The second kappa shape index (κ2) is 7.89. The number of anilines is 1. The van der Waals surface area contributed by atoms with Crippen LogP contribution in [0.3, 0.4) is 0 Å². The van der Waals surface area contributed by atoms with E-state index >= 15 is 0 Å². The number of imidazole rings is 1. The van der Waals surface area contributed by atoms with Gasteiger partial charge in [-0.3, -0.25) is 9.20 Å². The van der Waals surface area contributed by atoms with E-state index in [0.717, 1.165) is 5.56 Å². The number of primary amides is 1. The number of amides is 1. The van der Waals surface area contributed by atoms with Crippen LogP contribution in [0.2, 0.25) is 0 Å². The van der Waals surface area contributed by atoms with Crippen molar-refractivity contribution in [3.63, 3.8) is 0 Å². The van der Waals surface area contributed by atoms with Gasteiger partial charge in [-0.25, -0.2) is 9.97 Å². The molecule has 10 nitrogen and oxygen atoms in total. The zero-order valence-electron chi connectivity index (χ0n) is 16.0. The molecule has 150 valence electrons. The summed E-state index contributed by atoms with van der Waals surface area (Å²) in [5.41, 5.74) is 8.11. The fourth-order valence-corrected chi connectivity index (χ4v) is 3.10. The van der Waals surface area contributed by atoms with Crippen LogP contribution in [0.4, 0.5) is 5.95 Å². The van der Waals surface area contributed by atoms with Crippen molar-refractivity contribution in [2.24, 2.45) is 5.73 Å². The number of aryl methyl sites for hydroxylation is 1. The molecule has 4 rings (SSSR count). The highest BCUT2D eigenvalue weighted by Gasteiger charge is 2.16. The van der Waals surface area contributed by atoms with Gasteiger partial charge in [0.05, 0.1) is 5.52 Å². The van der Waals surface area contributed by atoms with Crippen molar-refractivity contribution in [2.45, 2.75) is 13.5 Å². The van der Waals surface area contributed by atoms with Crippen LogP contribution < -0.4 is 16.5 Å². The highest BCUT2D eigenvalue weighted by atomic mass is 16.4. The lowest BCUT2D eigenvalue weighted by atomic mass is 9.80. The maximum absolute atomic E-state index is 11.6. The standard InChI is InChI=1S/C19H18BN7O3/c1-11-24-18(16-14-6-3-7-15(17(21)28)27(14)10-23-16)26-19(25-11)22-9-12-4-2-5-13(8-12)20(29)30/h2-8,10,29-30H,9H2,1H3,(H2,21,28)(H,22,24,25,26). The van der Waals surface area contributed by atoms with Gasteiger partial charge in [-0.15, -0.1) is 0 Å². The van der Waals surface area contributed by atoms with Crippen LogP contribution in [-0.2, 0) is 6.54 Å². The lowest BCUT2D eigenvalue weighted by Gasteiger charge is -2.08. The predicted octanol–water partition coefficient (Wildman–Crippen LogP) is -0.114. The van der Waals surface area contributed by atoms with Gasteiger partial charge in [0.15, 0.2) is 5.82 Å². The normalized spacial score (nSPS) is 10.9. The fourth-order valence-electron chi connectivity index (χ4n) is 3.10. The topological polar surface area (TPSA) is 152 Å². The van der Waals surface area contributed by atoms with Crippen LogP contribution in [0.5, 0.6) is 0 Å². The Morgan fingerprint density at radius 2 is 1.97 bits per heavy atom. The van der Waals surface area contributed by atoms with Gasteiger partial charge in [0.1, 0.15) is 23.5 Å². The average molecular weight is 403 g/mol. The van der Waals surface area contributed by atoms with Gasteiger partial charge in [0.25, 0.3) is 5.91 Å². The van der Waals surface area contributed by atoms with Crippen molar-refractivity contribution in [3.8, 4) is 11.5 Å². The van der Waals surface area contributed by atoms with E-state index in [0.29, 0.717) is 46.5 Å². The van der Waals surface area contributed by atoms with E-state index in [2.05, 4.69) is 25.3 Å². The summed E-state index contributed by atoms with van der Waals surface area (Å²) in [5, 5.41) is 21.7. The molecule has 3 aromatic heterocycles. The Morgan fingerprint density at radius 3 is 2.73 bits per heavy atom. The molecule has 0 atom stereocenters. The Morgan fingerprint density at radius 1 is 1.17 bits per heavy atom. The van der Waals surface area contributed by atoms with E-state index in [9.17, 15) is 14.8 Å². The van der Waals surface area contributed by atoms with Gasteiger partial charge in [-0.1, -0.05) is 30.3 Å². The van der Waals surface area contributed by atoms with Gasteiger partial charge < -0.3 is 21.1 Å². The number of nitrogens with one attached hydrogen (secondary N) is 1. The zero-order valence-corrected chi connectivity index (χ0v) is 16.0. The van der Waals surface area contributed by atoms with Crippen LogP contribution in [0, 0.1) is 6.92 Å². The first-order valence-corrected chi connectivity index (χ1v) is 9.10. The number of carbonyl (C=O) groups excluding carboxylic acids is 1. The summed E-state index contributed by atoms with van der Waals surface area (Å²) < 4.78 is 1.59. The van der Waals surface area contributed by atoms with Gasteiger partial charge >= 0.3 is 7.12 Å². The van der Waals surface area contributed by atoms with Crippen LogP contribution in [0.25, 0.3) is 17.0 Å². The van der Waals surface area contributed by atoms with E-state index in [1.54, 1.807) is 47.7 Å². The number of rotatable bonds is 6. The number of benzene rings is 1. The molecule has 0 aliphatic heterocycles. The first-order valence-electron chi connectivity index (χ1n) is 9.10. The molecule has 0 radical (unpaired) electrons. The van der Waals surface area contributed by atoms with Crippen molar-refractivity contribution >= 4 is 30.0 Å². The summed E-state index contributed by atoms with van der Waals surface area (Å²) in [5.74, 6) is 0.636. The highest BCUT2D eigenvalue weighted by molar-refractivity contribution is 6.58. The smallest absolute Gasteiger partial charge is 0.423 e. The van der Waals surface area contributed by atoms with Crippen molar-refractivity contribution in [2.75, 3.05) is 5.32 Å².